The first kappa shape index (κ1) is 10.6. The predicted octanol–water partition coefficient (Wildman–Crippen LogP) is 1.29. The van der Waals surface area contributed by atoms with Crippen molar-refractivity contribution in [3.63, 3.8) is 0 Å². The van der Waals surface area contributed by atoms with Crippen LogP contribution in [0.4, 0.5) is 0 Å². The van der Waals surface area contributed by atoms with Crippen molar-refractivity contribution in [2.24, 2.45) is 0 Å². The summed E-state index contributed by atoms with van der Waals surface area (Å²) in [6.45, 7) is 2.70. The average Bonchev–Trinajstić information content (AvgIpc) is 2.17. The van der Waals surface area contributed by atoms with E-state index in [0.29, 0.717) is 13.0 Å². The molecule has 0 fully saturated rings. The highest BCUT2D eigenvalue weighted by Gasteiger charge is 1.99. The summed E-state index contributed by atoms with van der Waals surface area (Å²) in [5.74, 6) is 2.78. The van der Waals surface area contributed by atoms with Crippen molar-refractivity contribution in [3.8, 4) is 18.1 Å². The Kier molecular flexibility index (Phi) is 3.96. The van der Waals surface area contributed by atoms with Crippen molar-refractivity contribution < 1.29 is 5.11 Å². The Morgan fingerprint density at radius 1 is 1.64 bits per heavy atom. The molecule has 0 aliphatic heterocycles. The van der Waals surface area contributed by atoms with Gasteiger partial charge in [-0.15, -0.1) is 12.3 Å². The first-order chi connectivity index (χ1) is 6.72. The van der Waals surface area contributed by atoms with Gasteiger partial charge >= 0.3 is 0 Å². The maximum Gasteiger partial charge on any atom is 0.133 e. The Bertz CT molecular complexity index is 313. The van der Waals surface area contributed by atoms with E-state index in [2.05, 4.69) is 16.2 Å². The second-order valence-electron chi connectivity index (χ2n) is 3.20. The van der Waals surface area contributed by atoms with Crippen molar-refractivity contribution in [2.45, 2.75) is 25.9 Å². The molecule has 0 aliphatic carbocycles. The smallest absolute Gasteiger partial charge is 0.133 e. The first-order valence-corrected chi connectivity index (χ1v) is 4.53. The van der Waals surface area contributed by atoms with Crippen LogP contribution in [0, 0.1) is 12.3 Å². The second kappa shape index (κ2) is 5.25. The van der Waals surface area contributed by atoms with Gasteiger partial charge in [-0.3, -0.25) is 4.98 Å². The third kappa shape index (κ3) is 3.46. The molecule has 1 aromatic heterocycles. The maximum atomic E-state index is 9.01. The number of hydrogen-bond acceptors (Lipinski definition) is 3. The summed E-state index contributed by atoms with van der Waals surface area (Å²) >= 11 is 0. The Hall–Kier alpha value is -1.53. The second-order valence-corrected chi connectivity index (χ2v) is 3.20. The van der Waals surface area contributed by atoms with Gasteiger partial charge in [-0.1, -0.05) is 0 Å². The highest BCUT2D eigenvalue weighted by atomic mass is 16.3. The average molecular weight is 190 g/mol. The van der Waals surface area contributed by atoms with E-state index in [1.165, 1.54) is 6.20 Å². The number of hydrogen-bond donors (Lipinski definition) is 2. The first-order valence-electron chi connectivity index (χ1n) is 4.53. The largest absolute Gasteiger partial charge is 0.506 e. The molecule has 1 rings (SSSR count). The SMILES string of the molecule is C#CCC(C)NCc1ccc(O)cn1. The molecule has 3 nitrogen and oxygen atoms in total. The highest BCUT2D eigenvalue weighted by molar-refractivity contribution is 5.17. The molecule has 0 spiro atoms. The molecule has 1 unspecified atom stereocenters. The van der Waals surface area contributed by atoms with E-state index >= 15 is 0 Å². The van der Waals surface area contributed by atoms with E-state index in [-0.39, 0.29) is 11.8 Å². The van der Waals surface area contributed by atoms with Crippen LogP contribution in [0.15, 0.2) is 18.3 Å². The van der Waals surface area contributed by atoms with Crippen molar-refractivity contribution in [3.05, 3.63) is 24.0 Å². The van der Waals surface area contributed by atoms with Crippen LogP contribution in [0.25, 0.3) is 0 Å². The molecule has 2 N–H and O–H groups in total. The van der Waals surface area contributed by atoms with Gasteiger partial charge in [0.25, 0.3) is 0 Å². The third-order valence-corrected chi connectivity index (χ3v) is 1.86. The van der Waals surface area contributed by atoms with Crippen molar-refractivity contribution in [1.29, 1.82) is 0 Å². The lowest BCUT2D eigenvalue weighted by Crippen LogP contribution is -2.25. The van der Waals surface area contributed by atoms with Crippen LogP contribution < -0.4 is 5.32 Å². The van der Waals surface area contributed by atoms with Gasteiger partial charge in [0, 0.05) is 19.0 Å². The number of rotatable bonds is 4. The standard InChI is InChI=1S/C11H14N2O/c1-3-4-9(2)12-7-10-5-6-11(14)8-13-10/h1,5-6,8-9,12,14H,4,7H2,2H3. The van der Waals surface area contributed by atoms with Crippen molar-refractivity contribution in [2.75, 3.05) is 0 Å². The summed E-state index contributed by atoms with van der Waals surface area (Å²) in [7, 11) is 0. The molecular formula is C11H14N2O. The van der Waals surface area contributed by atoms with Gasteiger partial charge in [-0.25, -0.2) is 0 Å². The number of aromatic hydroxyl groups is 1. The summed E-state index contributed by atoms with van der Waals surface area (Å²) in [6.07, 6.45) is 7.32. The maximum absolute atomic E-state index is 9.01. The molecule has 0 saturated carbocycles. The van der Waals surface area contributed by atoms with Crippen LogP contribution in [0.3, 0.4) is 0 Å². The number of aromatic nitrogens is 1. The minimum absolute atomic E-state index is 0.186. The van der Waals surface area contributed by atoms with E-state index in [0.717, 1.165) is 5.69 Å². The van der Waals surface area contributed by atoms with E-state index in [4.69, 9.17) is 11.5 Å². The molecule has 0 aromatic carbocycles. The fraction of sp³-hybridized carbons (Fsp3) is 0.364. The van der Waals surface area contributed by atoms with Crippen LogP contribution in [-0.2, 0) is 6.54 Å². The zero-order valence-corrected chi connectivity index (χ0v) is 8.20. The number of terminal acetylenes is 1. The fourth-order valence-corrected chi connectivity index (χ4v) is 1.05. The van der Waals surface area contributed by atoms with E-state index < -0.39 is 0 Å². The Morgan fingerprint density at radius 3 is 3.00 bits per heavy atom. The summed E-state index contributed by atoms with van der Waals surface area (Å²) in [5, 5.41) is 12.2. The molecule has 1 aromatic rings. The van der Waals surface area contributed by atoms with Crippen LogP contribution in [0.5, 0.6) is 5.75 Å². The van der Waals surface area contributed by atoms with E-state index in [1.807, 2.05) is 6.92 Å². The number of pyridine rings is 1. The van der Waals surface area contributed by atoms with Gasteiger partial charge in [0.1, 0.15) is 5.75 Å². The van der Waals surface area contributed by atoms with Crippen molar-refractivity contribution in [1.82, 2.24) is 10.3 Å². The summed E-state index contributed by atoms with van der Waals surface area (Å²) < 4.78 is 0. The third-order valence-electron chi connectivity index (χ3n) is 1.86. The molecule has 14 heavy (non-hydrogen) atoms. The topological polar surface area (TPSA) is 45.1 Å². The summed E-state index contributed by atoms with van der Waals surface area (Å²) in [5.41, 5.74) is 0.895. The molecule has 3 heteroatoms. The molecular weight excluding hydrogens is 176 g/mol. The van der Waals surface area contributed by atoms with Crippen LogP contribution in [-0.4, -0.2) is 16.1 Å². The summed E-state index contributed by atoms with van der Waals surface area (Å²) in [4.78, 5) is 4.05. The summed E-state index contributed by atoms with van der Waals surface area (Å²) in [6, 6.07) is 3.69. The molecule has 0 saturated heterocycles. The Morgan fingerprint density at radius 2 is 2.43 bits per heavy atom. The fourth-order valence-electron chi connectivity index (χ4n) is 1.05. The molecule has 0 radical (unpaired) electrons. The highest BCUT2D eigenvalue weighted by Crippen LogP contribution is 2.05. The van der Waals surface area contributed by atoms with Gasteiger partial charge in [0.15, 0.2) is 0 Å². The van der Waals surface area contributed by atoms with Gasteiger partial charge in [-0.05, 0) is 19.1 Å². The zero-order chi connectivity index (χ0) is 10.4. The molecule has 0 bridgehead atoms. The Balaban J connectivity index is 2.39. The number of nitrogens with zero attached hydrogens (tertiary/aromatic N) is 1. The van der Waals surface area contributed by atoms with Gasteiger partial charge in [0.2, 0.25) is 0 Å². The lowest BCUT2D eigenvalue weighted by molar-refractivity contribution is 0.471. The van der Waals surface area contributed by atoms with Crippen molar-refractivity contribution >= 4 is 0 Å². The van der Waals surface area contributed by atoms with Gasteiger partial charge < -0.3 is 10.4 Å². The number of nitrogens with one attached hydrogen (secondary N) is 1. The minimum atomic E-state index is 0.186. The van der Waals surface area contributed by atoms with E-state index in [9.17, 15) is 0 Å². The normalized spacial score (nSPS) is 12.0. The lowest BCUT2D eigenvalue weighted by atomic mass is 10.2. The van der Waals surface area contributed by atoms with Gasteiger partial charge in [-0.2, -0.15) is 0 Å². The van der Waals surface area contributed by atoms with E-state index in [1.54, 1.807) is 12.1 Å². The monoisotopic (exact) mass is 190 g/mol. The van der Waals surface area contributed by atoms with Gasteiger partial charge in [0.05, 0.1) is 11.9 Å². The Labute approximate surface area is 84.2 Å². The minimum Gasteiger partial charge on any atom is -0.506 e. The van der Waals surface area contributed by atoms with Crippen LogP contribution >= 0.6 is 0 Å². The molecule has 0 amide bonds. The molecule has 1 atom stereocenters. The predicted molar refractivity (Wildman–Crippen MR) is 55.7 cm³/mol. The zero-order valence-electron chi connectivity index (χ0n) is 8.20. The quantitative estimate of drug-likeness (QED) is 0.703. The molecule has 0 aliphatic rings. The molecule has 1 heterocycles. The van der Waals surface area contributed by atoms with Crippen LogP contribution in [0.1, 0.15) is 19.0 Å². The van der Waals surface area contributed by atoms with Crippen LogP contribution in [0.2, 0.25) is 0 Å². The lowest BCUT2D eigenvalue weighted by Gasteiger charge is -2.09. The molecule has 74 valence electrons.